The van der Waals surface area contributed by atoms with Crippen LogP contribution in [-0.4, -0.2) is 23.1 Å². The summed E-state index contributed by atoms with van der Waals surface area (Å²) in [5.41, 5.74) is 6.01. The van der Waals surface area contributed by atoms with Crippen LogP contribution < -0.4 is 10.5 Å². The molecule has 2 unspecified atom stereocenters. The van der Waals surface area contributed by atoms with Gasteiger partial charge in [-0.15, -0.1) is 0 Å². The fourth-order valence-electron chi connectivity index (χ4n) is 2.37. The predicted octanol–water partition coefficient (Wildman–Crippen LogP) is 1.68. The van der Waals surface area contributed by atoms with Crippen LogP contribution in [0.5, 0.6) is 5.88 Å². The molecule has 1 aromatic rings. The molecule has 1 fully saturated rings. The Bertz CT molecular complexity index is 386. The zero-order chi connectivity index (χ0) is 12.3. The Labute approximate surface area is 100 Å². The van der Waals surface area contributed by atoms with Gasteiger partial charge in [0.25, 0.3) is 5.88 Å². The van der Waals surface area contributed by atoms with Crippen LogP contribution in [0.4, 0.5) is 4.39 Å². The highest BCUT2D eigenvalue weighted by molar-refractivity contribution is 5.15. The van der Waals surface area contributed by atoms with Gasteiger partial charge in [0.1, 0.15) is 6.33 Å². The predicted molar refractivity (Wildman–Crippen MR) is 62.1 cm³/mol. The molecule has 94 valence electrons. The van der Waals surface area contributed by atoms with Gasteiger partial charge in [0, 0.05) is 0 Å². The van der Waals surface area contributed by atoms with Gasteiger partial charge in [-0.2, -0.15) is 9.37 Å². The van der Waals surface area contributed by atoms with E-state index in [1.165, 1.54) is 12.7 Å². The van der Waals surface area contributed by atoms with Crippen molar-refractivity contribution in [3.63, 3.8) is 0 Å². The molecule has 0 spiro atoms. The van der Waals surface area contributed by atoms with E-state index < -0.39 is 5.82 Å². The average molecular weight is 239 g/mol. The first-order chi connectivity index (χ1) is 8.22. The van der Waals surface area contributed by atoms with Crippen molar-refractivity contribution in [3.05, 3.63) is 17.8 Å². The van der Waals surface area contributed by atoms with Crippen molar-refractivity contribution < 1.29 is 9.13 Å². The monoisotopic (exact) mass is 239 g/mol. The molecule has 2 N–H and O–H groups in total. The molecule has 1 heterocycles. The van der Waals surface area contributed by atoms with Gasteiger partial charge in [0.15, 0.2) is 0 Å². The Morgan fingerprint density at radius 3 is 2.94 bits per heavy atom. The Morgan fingerprint density at radius 2 is 2.18 bits per heavy atom. The van der Waals surface area contributed by atoms with Gasteiger partial charge in [0.05, 0.1) is 12.3 Å². The number of ether oxygens (including phenoxy) is 1. The summed E-state index contributed by atoms with van der Waals surface area (Å²) in [4.78, 5) is 7.58. The van der Waals surface area contributed by atoms with Gasteiger partial charge in [-0.1, -0.05) is 6.42 Å². The lowest BCUT2D eigenvalue weighted by Gasteiger charge is -2.18. The number of hydrogen-bond donors (Lipinski definition) is 1. The second-order valence-corrected chi connectivity index (χ2v) is 4.58. The summed E-state index contributed by atoms with van der Waals surface area (Å²) < 4.78 is 19.0. The van der Waals surface area contributed by atoms with Crippen LogP contribution in [0.3, 0.4) is 0 Å². The van der Waals surface area contributed by atoms with Gasteiger partial charge < -0.3 is 10.5 Å². The second kappa shape index (κ2) is 5.40. The third-order valence-corrected chi connectivity index (χ3v) is 3.49. The maximum absolute atomic E-state index is 13.6. The number of rotatable bonds is 4. The first-order valence-corrected chi connectivity index (χ1v) is 6.02. The molecule has 0 aromatic carbocycles. The van der Waals surface area contributed by atoms with E-state index in [9.17, 15) is 4.39 Å². The Balaban J connectivity index is 1.95. The minimum Gasteiger partial charge on any atom is -0.475 e. The van der Waals surface area contributed by atoms with Crippen LogP contribution >= 0.6 is 0 Å². The fraction of sp³-hybridized carbons (Fsp3) is 0.667. The van der Waals surface area contributed by atoms with Gasteiger partial charge in [-0.05, 0) is 38.1 Å². The lowest BCUT2D eigenvalue weighted by atomic mass is 9.97. The molecule has 0 amide bonds. The number of aryl methyl sites for hydroxylation is 1. The van der Waals surface area contributed by atoms with E-state index in [1.807, 2.05) is 0 Å². The molecule has 5 heteroatoms. The SMILES string of the molecule is Cc1ncnc(OCC2CCCC2CN)c1F. The summed E-state index contributed by atoms with van der Waals surface area (Å²) in [6.45, 7) is 2.77. The van der Waals surface area contributed by atoms with Crippen molar-refractivity contribution in [2.24, 2.45) is 17.6 Å². The first kappa shape index (κ1) is 12.2. The second-order valence-electron chi connectivity index (χ2n) is 4.58. The quantitative estimate of drug-likeness (QED) is 0.868. The molecule has 2 rings (SSSR count). The molecule has 1 aliphatic rings. The lowest BCUT2D eigenvalue weighted by Crippen LogP contribution is -2.23. The van der Waals surface area contributed by atoms with E-state index in [4.69, 9.17) is 10.5 Å². The largest absolute Gasteiger partial charge is 0.475 e. The topological polar surface area (TPSA) is 61.0 Å². The van der Waals surface area contributed by atoms with Crippen LogP contribution in [0.25, 0.3) is 0 Å². The van der Waals surface area contributed by atoms with Crippen molar-refractivity contribution in [2.45, 2.75) is 26.2 Å². The normalized spacial score (nSPS) is 23.9. The van der Waals surface area contributed by atoms with Crippen LogP contribution in [0.1, 0.15) is 25.0 Å². The standard InChI is InChI=1S/C12H18FN3O/c1-8-11(13)12(16-7-15-8)17-6-10-4-2-3-9(10)5-14/h7,9-10H,2-6,14H2,1H3. The van der Waals surface area contributed by atoms with E-state index in [2.05, 4.69) is 9.97 Å². The molecule has 2 atom stereocenters. The number of aromatic nitrogens is 2. The van der Waals surface area contributed by atoms with Crippen molar-refractivity contribution in [3.8, 4) is 5.88 Å². The van der Waals surface area contributed by atoms with Crippen LogP contribution in [-0.2, 0) is 0 Å². The molecule has 0 aliphatic heterocycles. The van der Waals surface area contributed by atoms with E-state index in [1.54, 1.807) is 6.92 Å². The van der Waals surface area contributed by atoms with Crippen LogP contribution in [0.2, 0.25) is 0 Å². The highest BCUT2D eigenvalue weighted by Crippen LogP contribution is 2.31. The maximum atomic E-state index is 13.6. The molecular weight excluding hydrogens is 221 g/mol. The summed E-state index contributed by atoms with van der Waals surface area (Å²) in [6, 6.07) is 0. The molecule has 0 bridgehead atoms. The van der Waals surface area contributed by atoms with Gasteiger partial charge in [-0.3, -0.25) is 0 Å². The number of nitrogens with zero attached hydrogens (tertiary/aromatic N) is 2. The van der Waals surface area contributed by atoms with Crippen LogP contribution in [0.15, 0.2) is 6.33 Å². The molecule has 1 aliphatic carbocycles. The molecule has 1 saturated carbocycles. The van der Waals surface area contributed by atoms with Crippen molar-refractivity contribution >= 4 is 0 Å². The summed E-state index contributed by atoms with van der Waals surface area (Å²) in [6.07, 6.45) is 4.76. The van der Waals surface area contributed by atoms with Gasteiger partial charge in [-0.25, -0.2) is 4.98 Å². The van der Waals surface area contributed by atoms with Crippen molar-refractivity contribution in [1.29, 1.82) is 0 Å². The van der Waals surface area contributed by atoms with Crippen LogP contribution in [0, 0.1) is 24.6 Å². The van der Waals surface area contributed by atoms with Gasteiger partial charge >= 0.3 is 0 Å². The third-order valence-electron chi connectivity index (χ3n) is 3.49. The molecule has 0 saturated heterocycles. The minimum atomic E-state index is -0.463. The molecule has 1 aromatic heterocycles. The fourth-order valence-corrected chi connectivity index (χ4v) is 2.37. The molecule has 0 radical (unpaired) electrons. The van der Waals surface area contributed by atoms with Crippen molar-refractivity contribution in [2.75, 3.05) is 13.2 Å². The van der Waals surface area contributed by atoms with E-state index in [0.29, 0.717) is 30.7 Å². The maximum Gasteiger partial charge on any atom is 0.253 e. The Morgan fingerprint density at radius 1 is 1.41 bits per heavy atom. The van der Waals surface area contributed by atoms with Gasteiger partial charge in [0.2, 0.25) is 5.82 Å². The zero-order valence-electron chi connectivity index (χ0n) is 10.0. The smallest absolute Gasteiger partial charge is 0.253 e. The van der Waals surface area contributed by atoms with Crippen molar-refractivity contribution in [1.82, 2.24) is 9.97 Å². The highest BCUT2D eigenvalue weighted by Gasteiger charge is 2.27. The summed E-state index contributed by atoms with van der Waals surface area (Å²) in [5, 5.41) is 0. The highest BCUT2D eigenvalue weighted by atomic mass is 19.1. The Kier molecular flexibility index (Phi) is 3.89. The number of halogens is 1. The van der Waals surface area contributed by atoms with E-state index >= 15 is 0 Å². The minimum absolute atomic E-state index is 0.0557. The molecule has 4 nitrogen and oxygen atoms in total. The molecular formula is C12H18FN3O. The number of hydrogen-bond acceptors (Lipinski definition) is 4. The van der Waals surface area contributed by atoms with E-state index in [-0.39, 0.29) is 5.88 Å². The average Bonchev–Trinajstić information content (AvgIpc) is 2.78. The van der Waals surface area contributed by atoms with E-state index in [0.717, 1.165) is 12.8 Å². The zero-order valence-corrected chi connectivity index (χ0v) is 10.0. The lowest BCUT2D eigenvalue weighted by molar-refractivity contribution is 0.201. The number of nitrogens with two attached hydrogens (primary N) is 1. The summed E-state index contributed by atoms with van der Waals surface area (Å²) in [7, 11) is 0. The summed E-state index contributed by atoms with van der Waals surface area (Å²) in [5.74, 6) is 0.519. The first-order valence-electron chi connectivity index (χ1n) is 6.02. The summed E-state index contributed by atoms with van der Waals surface area (Å²) >= 11 is 0. The third kappa shape index (κ3) is 2.72. The Hall–Kier alpha value is -1.23. The molecule has 17 heavy (non-hydrogen) atoms.